The van der Waals surface area contributed by atoms with Gasteiger partial charge in [-0.2, -0.15) is 0 Å². The molecule has 0 atom stereocenters. The number of aromatic nitrogens is 4. The molecule has 6 heteroatoms. The van der Waals surface area contributed by atoms with Crippen LogP contribution < -0.4 is 0 Å². The van der Waals surface area contributed by atoms with E-state index >= 15 is 0 Å². The average Bonchev–Trinajstić information content (AvgIpc) is 3.86. The summed E-state index contributed by atoms with van der Waals surface area (Å²) in [6, 6.07) is 58.8. The Morgan fingerprint density at radius 1 is 0.370 bits per heavy atom. The Balaban J connectivity index is 1.09. The van der Waals surface area contributed by atoms with Gasteiger partial charge < -0.3 is 4.42 Å². The van der Waals surface area contributed by atoms with Gasteiger partial charge in [0.25, 0.3) is 0 Å². The molecule has 0 amide bonds. The number of fused-ring (bicyclic) bond motifs is 8. The van der Waals surface area contributed by atoms with Crippen molar-refractivity contribution in [1.29, 1.82) is 0 Å². The molecule has 11 rings (SSSR count). The summed E-state index contributed by atoms with van der Waals surface area (Å²) < 4.78 is 8.68. The van der Waals surface area contributed by atoms with Crippen LogP contribution in [-0.2, 0) is 0 Å². The second kappa shape index (κ2) is 12.3. The number of oxazole rings is 1. The number of hydrogen-bond donors (Lipinski definition) is 0. The molecule has 0 unspecified atom stereocenters. The second-order valence-electron chi connectivity index (χ2n) is 13.5. The number of rotatable bonds is 5. The summed E-state index contributed by atoms with van der Waals surface area (Å²) in [6.07, 6.45) is 0. The van der Waals surface area contributed by atoms with Crippen LogP contribution in [0.4, 0.5) is 0 Å². The van der Waals surface area contributed by atoms with Crippen LogP contribution in [0.25, 0.3) is 110 Å². The Morgan fingerprint density at radius 2 is 0.944 bits per heavy atom. The molecule has 0 aliphatic heterocycles. The van der Waals surface area contributed by atoms with E-state index in [1.54, 1.807) is 11.3 Å². The van der Waals surface area contributed by atoms with Crippen molar-refractivity contribution in [1.82, 2.24) is 19.9 Å². The van der Waals surface area contributed by atoms with Gasteiger partial charge in [0.15, 0.2) is 23.1 Å². The fourth-order valence-corrected chi connectivity index (χ4v) is 8.59. The van der Waals surface area contributed by atoms with Gasteiger partial charge in [-0.05, 0) is 81.2 Å². The molecular weight excluding hydrogens is 681 g/mol. The molecule has 8 aromatic carbocycles. The standard InChI is InChI=1S/C48H28N4OS/c1-3-11-31(12-4-1)45-50-46(36-17-9-16-34(27-36)35-20-18-29-10-7-8-15-33(29)26-35)52-47(51-45)37-21-19-30-22-24-40-42(38(30)28-37)43-41(54-40)25-23-39-44(43)49-48(53-39)32-13-5-2-6-14-32/h1-28H. The van der Waals surface area contributed by atoms with Crippen LogP contribution in [-0.4, -0.2) is 19.9 Å². The minimum Gasteiger partial charge on any atom is -0.436 e. The SMILES string of the molecule is c1ccc(-c2nc(-c3cccc(-c4ccc5ccccc5c4)c3)nc(-c3ccc4ccc5sc6ccc7oc(-c8ccccc8)nc7c6c5c4c3)n2)cc1. The maximum atomic E-state index is 6.32. The molecule has 0 saturated carbocycles. The third-order valence-electron chi connectivity index (χ3n) is 10.1. The topological polar surface area (TPSA) is 64.7 Å². The molecule has 3 aromatic heterocycles. The minimum absolute atomic E-state index is 0.617. The molecule has 0 radical (unpaired) electrons. The van der Waals surface area contributed by atoms with Crippen molar-refractivity contribution in [3.8, 4) is 56.7 Å². The maximum absolute atomic E-state index is 6.32. The molecule has 11 aromatic rings. The number of nitrogens with zero attached hydrogens (tertiary/aromatic N) is 4. The van der Waals surface area contributed by atoms with Crippen LogP contribution in [0.1, 0.15) is 0 Å². The zero-order chi connectivity index (χ0) is 35.6. The Hall–Kier alpha value is -7.02. The summed E-state index contributed by atoms with van der Waals surface area (Å²) in [7, 11) is 0. The lowest BCUT2D eigenvalue weighted by Gasteiger charge is -2.11. The van der Waals surface area contributed by atoms with Crippen LogP contribution in [0.15, 0.2) is 174 Å². The highest BCUT2D eigenvalue weighted by Crippen LogP contribution is 2.43. The molecule has 5 nitrogen and oxygen atoms in total. The second-order valence-corrected chi connectivity index (χ2v) is 14.5. The van der Waals surface area contributed by atoms with E-state index in [0.717, 1.165) is 66.0 Å². The third-order valence-corrected chi connectivity index (χ3v) is 11.2. The first kappa shape index (κ1) is 30.6. The van der Waals surface area contributed by atoms with E-state index in [9.17, 15) is 0 Å². The van der Waals surface area contributed by atoms with Crippen LogP contribution in [0.5, 0.6) is 0 Å². The molecule has 3 heterocycles. The highest BCUT2D eigenvalue weighted by atomic mass is 32.1. The number of thiophene rings is 1. The quantitative estimate of drug-likeness (QED) is 0.178. The minimum atomic E-state index is 0.617. The van der Waals surface area contributed by atoms with E-state index in [1.807, 2.05) is 66.7 Å². The van der Waals surface area contributed by atoms with E-state index in [1.165, 1.54) is 20.2 Å². The molecule has 0 N–H and O–H groups in total. The smallest absolute Gasteiger partial charge is 0.227 e. The highest BCUT2D eigenvalue weighted by molar-refractivity contribution is 7.26. The van der Waals surface area contributed by atoms with E-state index in [4.69, 9.17) is 24.4 Å². The predicted molar refractivity (Wildman–Crippen MR) is 222 cm³/mol. The Labute approximate surface area is 313 Å². The van der Waals surface area contributed by atoms with Crippen molar-refractivity contribution in [2.45, 2.75) is 0 Å². The molecule has 0 spiro atoms. The largest absolute Gasteiger partial charge is 0.436 e. The van der Waals surface area contributed by atoms with Crippen molar-refractivity contribution >= 4 is 64.2 Å². The summed E-state index contributed by atoms with van der Waals surface area (Å²) in [5.74, 6) is 2.49. The number of hydrogen-bond acceptors (Lipinski definition) is 6. The summed E-state index contributed by atoms with van der Waals surface area (Å²) in [4.78, 5) is 20.4. The fraction of sp³-hybridized carbons (Fsp3) is 0. The summed E-state index contributed by atoms with van der Waals surface area (Å²) in [5.41, 5.74) is 7.62. The van der Waals surface area contributed by atoms with Crippen molar-refractivity contribution in [2.24, 2.45) is 0 Å². The average molecular weight is 709 g/mol. The molecule has 0 saturated heterocycles. The van der Waals surface area contributed by atoms with Gasteiger partial charge in [0.05, 0.1) is 0 Å². The van der Waals surface area contributed by atoms with E-state index in [0.29, 0.717) is 23.4 Å². The van der Waals surface area contributed by atoms with Gasteiger partial charge in [-0.15, -0.1) is 11.3 Å². The van der Waals surface area contributed by atoms with Gasteiger partial charge in [0.1, 0.15) is 5.52 Å². The Morgan fingerprint density at radius 3 is 1.76 bits per heavy atom. The predicted octanol–water partition coefficient (Wildman–Crippen LogP) is 13.0. The third kappa shape index (κ3) is 5.15. The zero-order valence-electron chi connectivity index (χ0n) is 28.8. The van der Waals surface area contributed by atoms with E-state index < -0.39 is 0 Å². The molecule has 0 bridgehead atoms. The monoisotopic (exact) mass is 708 g/mol. The lowest BCUT2D eigenvalue weighted by atomic mass is 9.99. The molecule has 54 heavy (non-hydrogen) atoms. The molecule has 252 valence electrons. The lowest BCUT2D eigenvalue weighted by molar-refractivity contribution is 0.620. The summed E-state index contributed by atoms with van der Waals surface area (Å²) >= 11 is 1.77. The fourth-order valence-electron chi connectivity index (χ4n) is 7.46. The van der Waals surface area contributed by atoms with Gasteiger partial charge in [0.2, 0.25) is 5.89 Å². The first-order chi connectivity index (χ1) is 26.7. The van der Waals surface area contributed by atoms with Crippen LogP contribution >= 0.6 is 11.3 Å². The van der Waals surface area contributed by atoms with E-state index in [2.05, 4.69) is 103 Å². The van der Waals surface area contributed by atoms with Crippen molar-refractivity contribution in [3.63, 3.8) is 0 Å². The highest BCUT2D eigenvalue weighted by Gasteiger charge is 2.19. The molecular formula is C48H28N4OS. The van der Waals surface area contributed by atoms with Crippen LogP contribution in [0.3, 0.4) is 0 Å². The maximum Gasteiger partial charge on any atom is 0.227 e. The van der Waals surface area contributed by atoms with Gasteiger partial charge in [0, 0.05) is 42.4 Å². The van der Waals surface area contributed by atoms with Gasteiger partial charge in [-0.25, -0.2) is 19.9 Å². The lowest BCUT2D eigenvalue weighted by Crippen LogP contribution is -2.00. The normalized spacial score (nSPS) is 11.7. The van der Waals surface area contributed by atoms with Crippen LogP contribution in [0, 0.1) is 0 Å². The van der Waals surface area contributed by atoms with E-state index in [-0.39, 0.29) is 0 Å². The first-order valence-electron chi connectivity index (χ1n) is 17.9. The van der Waals surface area contributed by atoms with Crippen molar-refractivity contribution < 1.29 is 4.42 Å². The summed E-state index contributed by atoms with van der Waals surface area (Å²) in [6.45, 7) is 0. The molecule has 0 aliphatic carbocycles. The van der Waals surface area contributed by atoms with Gasteiger partial charge >= 0.3 is 0 Å². The first-order valence-corrected chi connectivity index (χ1v) is 18.7. The van der Waals surface area contributed by atoms with Crippen molar-refractivity contribution in [3.05, 3.63) is 170 Å². The van der Waals surface area contributed by atoms with Gasteiger partial charge in [-0.1, -0.05) is 121 Å². The molecule has 0 aliphatic rings. The molecule has 0 fully saturated rings. The Bertz CT molecular complexity index is 3220. The zero-order valence-corrected chi connectivity index (χ0v) is 29.6. The Kier molecular flexibility index (Phi) is 6.97. The number of benzene rings is 8. The van der Waals surface area contributed by atoms with Crippen molar-refractivity contribution in [2.75, 3.05) is 0 Å². The summed E-state index contributed by atoms with van der Waals surface area (Å²) in [5, 5.41) is 6.95. The van der Waals surface area contributed by atoms with Gasteiger partial charge in [-0.3, -0.25) is 0 Å². The van der Waals surface area contributed by atoms with Crippen LogP contribution in [0.2, 0.25) is 0 Å².